The van der Waals surface area contributed by atoms with Crippen LogP contribution in [0.25, 0.3) is 0 Å². The molecule has 2 heterocycles. The lowest BCUT2D eigenvalue weighted by Gasteiger charge is -2.37. The van der Waals surface area contributed by atoms with Crippen LogP contribution in [0, 0.1) is 0 Å². The van der Waals surface area contributed by atoms with E-state index in [0.717, 1.165) is 0 Å². The van der Waals surface area contributed by atoms with Gasteiger partial charge >= 0.3 is 0 Å². The highest BCUT2D eigenvalue weighted by Gasteiger charge is 2.23. The fourth-order valence-corrected chi connectivity index (χ4v) is 3.69. The number of hydrogen-bond acceptors (Lipinski definition) is 3. The predicted octanol–water partition coefficient (Wildman–Crippen LogP) is 3.14. The molecule has 0 saturated carbocycles. The molecule has 0 bridgehead atoms. The third kappa shape index (κ3) is 4.08. The van der Waals surface area contributed by atoms with Crippen molar-refractivity contribution in [2.24, 2.45) is 0 Å². The highest BCUT2D eigenvalue weighted by Crippen LogP contribution is 2.18. The lowest BCUT2D eigenvalue weighted by Crippen LogP contribution is -2.50. The molecule has 1 N–H and O–H groups in total. The highest BCUT2D eigenvalue weighted by molar-refractivity contribution is 7.09. The maximum absolute atomic E-state index is 3.69. The van der Waals surface area contributed by atoms with E-state index in [4.69, 9.17) is 0 Å². The van der Waals surface area contributed by atoms with Gasteiger partial charge in [-0.2, -0.15) is 0 Å². The Bertz CT molecular complexity index is 334. The first-order chi connectivity index (χ1) is 8.65. The fraction of sp³-hybridized carbons (Fsp3) is 0.733. The highest BCUT2D eigenvalue weighted by atomic mass is 32.1. The first-order valence-corrected chi connectivity index (χ1v) is 8.05. The van der Waals surface area contributed by atoms with Crippen LogP contribution in [0.3, 0.4) is 0 Å². The maximum Gasteiger partial charge on any atom is 0.0197 e. The Morgan fingerprint density at radius 2 is 2.28 bits per heavy atom. The van der Waals surface area contributed by atoms with Crippen molar-refractivity contribution in [3.05, 3.63) is 22.4 Å². The van der Waals surface area contributed by atoms with Gasteiger partial charge in [0.05, 0.1) is 0 Å². The monoisotopic (exact) mass is 266 g/mol. The Balaban J connectivity index is 1.84. The molecule has 1 aliphatic heterocycles. The molecule has 1 aliphatic rings. The van der Waals surface area contributed by atoms with Gasteiger partial charge in [-0.05, 0) is 44.2 Å². The third-order valence-electron chi connectivity index (χ3n) is 3.72. The van der Waals surface area contributed by atoms with Crippen molar-refractivity contribution in [2.45, 2.75) is 58.2 Å². The van der Waals surface area contributed by atoms with E-state index in [0.29, 0.717) is 18.1 Å². The van der Waals surface area contributed by atoms with Crippen molar-refractivity contribution in [2.75, 3.05) is 13.1 Å². The van der Waals surface area contributed by atoms with Gasteiger partial charge in [-0.25, -0.2) is 0 Å². The van der Waals surface area contributed by atoms with Crippen molar-refractivity contribution >= 4 is 11.3 Å². The van der Waals surface area contributed by atoms with Gasteiger partial charge in [0.15, 0.2) is 0 Å². The first kappa shape index (κ1) is 14.0. The Morgan fingerprint density at radius 3 is 2.94 bits per heavy atom. The van der Waals surface area contributed by atoms with Crippen molar-refractivity contribution in [1.29, 1.82) is 0 Å². The zero-order valence-corrected chi connectivity index (χ0v) is 12.7. The Labute approximate surface area is 115 Å². The van der Waals surface area contributed by atoms with E-state index in [9.17, 15) is 0 Å². The molecule has 1 saturated heterocycles. The molecule has 1 aromatic rings. The minimum absolute atomic E-state index is 0.600. The van der Waals surface area contributed by atoms with Crippen LogP contribution in [0.5, 0.6) is 0 Å². The standard InChI is InChI=1S/C15H26N2S/c1-12(2)16-14-6-4-8-17(11-14)13(3)10-15-7-5-9-18-15/h5,7,9,12-14,16H,4,6,8,10-11H2,1-3H3. The Hall–Kier alpha value is -0.380. The van der Waals surface area contributed by atoms with Gasteiger partial charge in [-0.3, -0.25) is 4.90 Å². The average Bonchev–Trinajstić information content (AvgIpc) is 2.81. The van der Waals surface area contributed by atoms with Crippen LogP contribution in [0.2, 0.25) is 0 Å². The Kier molecular flexibility index (Phi) is 5.22. The molecule has 2 nitrogen and oxygen atoms in total. The molecule has 2 unspecified atom stereocenters. The lowest BCUT2D eigenvalue weighted by molar-refractivity contribution is 0.142. The SMILES string of the molecule is CC(C)NC1CCCN(C(C)Cc2cccs2)C1. The number of hydrogen-bond donors (Lipinski definition) is 1. The maximum atomic E-state index is 3.69. The minimum Gasteiger partial charge on any atom is -0.311 e. The van der Waals surface area contributed by atoms with Crippen molar-refractivity contribution in [3.8, 4) is 0 Å². The number of nitrogens with zero attached hydrogens (tertiary/aromatic N) is 1. The van der Waals surface area contributed by atoms with Crippen LogP contribution in [-0.4, -0.2) is 36.1 Å². The molecule has 1 fully saturated rings. The molecule has 3 heteroatoms. The summed E-state index contributed by atoms with van der Waals surface area (Å²) in [6, 6.07) is 6.37. The van der Waals surface area contributed by atoms with E-state index in [1.807, 2.05) is 11.3 Å². The van der Waals surface area contributed by atoms with Crippen LogP contribution in [-0.2, 0) is 6.42 Å². The molecule has 18 heavy (non-hydrogen) atoms. The second kappa shape index (κ2) is 6.69. The van der Waals surface area contributed by atoms with Crippen LogP contribution in [0.15, 0.2) is 17.5 Å². The second-order valence-corrected chi connectivity index (χ2v) is 6.82. The molecular weight excluding hydrogens is 240 g/mol. The van der Waals surface area contributed by atoms with E-state index in [1.54, 1.807) is 0 Å². The van der Waals surface area contributed by atoms with Crippen molar-refractivity contribution < 1.29 is 0 Å². The summed E-state index contributed by atoms with van der Waals surface area (Å²) in [5.41, 5.74) is 0. The number of likely N-dealkylation sites (tertiary alicyclic amines) is 1. The summed E-state index contributed by atoms with van der Waals surface area (Å²) in [5, 5.41) is 5.87. The van der Waals surface area contributed by atoms with E-state index in [1.165, 1.54) is 37.2 Å². The van der Waals surface area contributed by atoms with E-state index in [2.05, 4.69) is 48.5 Å². The zero-order chi connectivity index (χ0) is 13.0. The first-order valence-electron chi connectivity index (χ1n) is 7.17. The lowest BCUT2D eigenvalue weighted by atomic mass is 10.0. The van der Waals surface area contributed by atoms with Crippen LogP contribution >= 0.6 is 11.3 Å². The minimum atomic E-state index is 0.600. The fourth-order valence-electron chi connectivity index (χ4n) is 2.86. The topological polar surface area (TPSA) is 15.3 Å². The molecule has 0 amide bonds. The van der Waals surface area contributed by atoms with Gasteiger partial charge in [0, 0.05) is 29.5 Å². The van der Waals surface area contributed by atoms with Crippen LogP contribution in [0.4, 0.5) is 0 Å². The summed E-state index contributed by atoms with van der Waals surface area (Å²) in [5.74, 6) is 0. The van der Waals surface area contributed by atoms with Crippen molar-refractivity contribution in [3.63, 3.8) is 0 Å². The molecule has 102 valence electrons. The smallest absolute Gasteiger partial charge is 0.0197 e. The molecule has 0 aromatic carbocycles. The molecule has 2 atom stereocenters. The number of rotatable bonds is 5. The van der Waals surface area contributed by atoms with Crippen LogP contribution in [0.1, 0.15) is 38.5 Å². The van der Waals surface area contributed by atoms with Gasteiger partial charge in [-0.15, -0.1) is 11.3 Å². The third-order valence-corrected chi connectivity index (χ3v) is 4.62. The normalized spacial score (nSPS) is 23.4. The van der Waals surface area contributed by atoms with Gasteiger partial charge in [0.25, 0.3) is 0 Å². The van der Waals surface area contributed by atoms with Crippen molar-refractivity contribution in [1.82, 2.24) is 10.2 Å². The summed E-state index contributed by atoms with van der Waals surface area (Å²) in [6.45, 7) is 9.34. The number of nitrogens with one attached hydrogen (secondary N) is 1. The van der Waals surface area contributed by atoms with E-state index >= 15 is 0 Å². The van der Waals surface area contributed by atoms with Gasteiger partial charge in [0.2, 0.25) is 0 Å². The number of thiophene rings is 1. The van der Waals surface area contributed by atoms with E-state index in [-0.39, 0.29) is 0 Å². The summed E-state index contributed by atoms with van der Waals surface area (Å²) >= 11 is 1.88. The molecular formula is C15H26N2S. The number of piperidine rings is 1. The summed E-state index contributed by atoms with van der Waals surface area (Å²) in [4.78, 5) is 4.17. The van der Waals surface area contributed by atoms with Gasteiger partial charge in [-0.1, -0.05) is 19.9 Å². The summed E-state index contributed by atoms with van der Waals surface area (Å²) in [6.07, 6.45) is 3.87. The molecule has 1 aromatic heterocycles. The average molecular weight is 266 g/mol. The van der Waals surface area contributed by atoms with Crippen LogP contribution < -0.4 is 5.32 Å². The molecule has 0 radical (unpaired) electrons. The van der Waals surface area contributed by atoms with Gasteiger partial charge in [0.1, 0.15) is 0 Å². The molecule has 2 rings (SSSR count). The van der Waals surface area contributed by atoms with Gasteiger partial charge < -0.3 is 5.32 Å². The molecule has 0 aliphatic carbocycles. The summed E-state index contributed by atoms with van der Waals surface area (Å²) in [7, 11) is 0. The molecule has 0 spiro atoms. The zero-order valence-electron chi connectivity index (χ0n) is 11.9. The second-order valence-electron chi connectivity index (χ2n) is 5.79. The summed E-state index contributed by atoms with van der Waals surface area (Å²) < 4.78 is 0. The Morgan fingerprint density at radius 1 is 1.44 bits per heavy atom. The largest absolute Gasteiger partial charge is 0.311 e. The quantitative estimate of drug-likeness (QED) is 0.881. The van der Waals surface area contributed by atoms with E-state index < -0.39 is 0 Å². The predicted molar refractivity (Wildman–Crippen MR) is 80.4 cm³/mol.